The van der Waals surface area contributed by atoms with Gasteiger partial charge in [0, 0.05) is 29.0 Å². The van der Waals surface area contributed by atoms with E-state index in [1.54, 1.807) is 23.0 Å². The summed E-state index contributed by atoms with van der Waals surface area (Å²) in [7, 11) is 0. The van der Waals surface area contributed by atoms with Gasteiger partial charge in [-0.3, -0.25) is 14.2 Å². The number of amides is 1. The van der Waals surface area contributed by atoms with E-state index in [1.807, 2.05) is 56.4 Å². The van der Waals surface area contributed by atoms with Crippen molar-refractivity contribution in [2.75, 3.05) is 5.32 Å². The Labute approximate surface area is 178 Å². The van der Waals surface area contributed by atoms with Gasteiger partial charge in [0.25, 0.3) is 5.56 Å². The van der Waals surface area contributed by atoms with E-state index in [0.29, 0.717) is 28.3 Å². The van der Waals surface area contributed by atoms with E-state index in [2.05, 4.69) is 10.3 Å². The zero-order valence-electron chi connectivity index (χ0n) is 16.7. The number of rotatable bonds is 5. The molecule has 0 aliphatic carbocycles. The summed E-state index contributed by atoms with van der Waals surface area (Å²) in [5.41, 5.74) is 4.13. The molecule has 4 rings (SSSR count). The lowest BCUT2D eigenvalue weighted by Gasteiger charge is -2.09. The fraction of sp³-hybridized carbons (Fsp3) is 0.174. The van der Waals surface area contributed by atoms with E-state index in [4.69, 9.17) is 11.6 Å². The highest BCUT2D eigenvalue weighted by molar-refractivity contribution is 6.31. The zero-order valence-corrected chi connectivity index (χ0v) is 17.5. The predicted octanol–water partition coefficient (Wildman–Crippen LogP) is 4.49. The van der Waals surface area contributed by atoms with Gasteiger partial charge in [0.2, 0.25) is 5.91 Å². The third-order valence-electron chi connectivity index (χ3n) is 5.04. The molecule has 0 saturated heterocycles. The van der Waals surface area contributed by atoms with Crippen LogP contribution in [0.2, 0.25) is 5.02 Å². The molecule has 0 aliphatic heterocycles. The molecule has 0 spiro atoms. The van der Waals surface area contributed by atoms with Crippen LogP contribution in [0, 0.1) is 6.92 Å². The summed E-state index contributed by atoms with van der Waals surface area (Å²) < 4.78 is 3.20. The minimum atomic E-state index is -0.252. The normalized spacial score (nSPS) is 11.0. The van der Waals surface area contributed by atoms with Crippen molar-refractivity contribution >= 4 is 34.2 Å². The molecule has 0 saturated carbocycles. The summed E-state index contributed by atoms with van der Waals surface area (Å²) in [5.74, 6) is -0.252. The number of hydrogen-bond acceptors (Lipinski definition) is 3. The number of anilines is 1. The number of aromatic nitrogens is 3. The van der Waals surface area contributed by atoms with Gasteiger partial charge in [-0.2, -0.15) is 0 Å². The molecular weight excluding hydrogens is 400 g/mol. The molecule has 0 fully saturated rings. The lowest BCUT2D eigenvalue weighted by Crippen LogP contribution is -2.24. The molecule has 0 atom stereocenters. The smallest absolute Gasteiger partial charge is 0.277 e. The van der Waals surface area contributed by atoms with Crippen LogP contribution in [0.5, 0.6) is 0 Å². The topological polar surface area (TPSA) is 68.9 Å². The summed E-state index contributed by atoms with van der Waals surface area (Å²) in [6.45, 7) is 4.27. The largest absolute Gasteiger partial charge is 0.332 e. The predicted molar refractivity (Wildman–Crippen MR) is 120 cm³/mol. The number of nitrogens with zero attached hydrogens (tertiary/aromatic N) is 3. The summed E-state index contributed by atoms with van der Waals surface area (Å²) in [6, 6.07) is 15.1. The van der Waals surface area contributed by atoms with Crippen LogP contribution < -0.4 is 10.9 Å². The number of carbonyl (C=O) groups excluding carboxylic acids is 1. The van der Waals surface area contributed by atoms with Crippen molar-refractivity contribution in [1.29, 1.82) is 0 Å². The number of hydrogen-bond donors (Lipinski definition) is 1. The van der Waals surface area contributed by atoms with Crippen molar-refractivity contribution in [3.8, 4) is 11.1 Å². The lowest BCUT2D eigenvalue weighted by molar-refractivity contribution is -0.116. The van der Waals surface area contributed by atoms with Crippen molar-refractivity contribution < 1.29 is 4.79 Å². The van der Waals surface area contributed by atoms with Crippen LogP contribution in [0.4, 0.5) is 5.69 Å². The Morgan fingerprint density at radius 3 is 2.60 bits per heavy atom. The van der Waals surface area contributed by atoms with Crippen LogP contribution >= 0.6 is 11.6 Å². The maximum absolute atomic E-state index is 13.0. The van der Waals surface area contributed by atoms with Crippen molar-refractivity contribution in [2.45, 2.75) is 26.9 Å². The fourth-order valence-electron chi connectivity index (χ4n) is 3.42. The molecule has 2 aromatic carbocycles. The third-order valence-corrected chi connectivity index (χ3v) is 5.44. The molecule has 2 aromatic heterocycles. The van der Waals surface area contributed by atoms with Gasteiger partial charge in [0.1, 0.15) is 17.6 Å². The minimum Gasteiger partial charge on any atom is -0.332 e. The minimum absolute atomic E-state index is 0.0144. The van der Waals surface area contributed by atoms with Crippen LogP contribution in [0.1, 0.15) is 12.5 Å². The molecular formula is C23H21ClN4O2. The van der Waals surface area contributed by atoms with E-state index in [1.165, 1.54) is 4.57 Å². The quantitative estimate of drug-likeness (QED) is 0.517. The molecule has 7 heteroatoms. The summed E-state index contributed by atoms with van der Waals surface area (Å²) >= 11 is 6.15. The Bertz CT molecular complexity index is 1290. The van der Waals surface area contributed by atoms with Gasteiger partial charge in [-0.1, -0.05) is 48.0 Å². The average Bonchev–Trinajstić information content (AvgIpc) is 3.10. The molecule has 2 heterocycles. The first-order valence-corrected chi connectivity index (χ1v) is 10.1. The van der Waals surface area contributed by atoms with Crippen LogP contribution in [0.3, 0.4) is 0 Å². The van der Waals surface area contributed by atoms with Crippen LogP contribution in [-0.2, 0) is 17.9 Å². The van der Waals surface area contributed by atoms with Gasteiger partial charge in [-0.05, 0) is 37.1 Å². The van der Waals surface area contributed by atoms with E-state index in [-0.39, 0.29) is 18.0 Å². The number of carbonyl (C=O) groups is 1. The van der Waals surface area contributed by atoms with Crippen molar-refractivity contribution in [1.82, 2.24) is 14.1 Å². The van der Waals surface area contributed by atoms with Gasteiger partial charge in [-0.25, -0.2) is 4.98 Å². The van der Waals surface area contributed by atoms with Crippen molar-refractivity contribution in [3.05, 3.63) is 82.0 Å². The van der Waals surface area contributed by atoms with E-state index in [9.17, 15) is 9.59 Å². The fourth-order valence-corrected chi connectivity index (χ4v) is 3.60. The molecule has 0 unspecified atom stereocenters. The number of nitrogens with one attached hydrogen (secondary N) is 1. The average molecular weight is 421 g/mol. The summed E-state index contributed by atoms with van der Waals surface area (Å²) in [5, 5.41) is 3.43. The SMILES string of the molecule is CCn1cnc2c(-c3ccccc3)cn(CC(=O)Nc3ccc(C)c(Cl)c3)c2c1=O. The van der Waals surface area contributed by atoms with Gasteiger partial charge in [-0.15, -0.1) is 0 Å². The number of benzene rings is 2. The van der Waals surface area contributed by atoms with E-state index >= 15 is 0 Å². The number of fused-ring (bicyclic) bond motifs is 1. The highest BCUT2D eigenvalue weighted by atomic mass is 35.5. The zero-order chi connectivity index (χ0) is 21.3. The Kier molecular flexibility index (Phi) is 5.42. The molecule has 0 bridgehead atoms. The standard InChI is InChI=1S/C23H21ClN4O2/c1-3-27-14-25-21-18(16-7-5-4-6-8-16)12-28(22(21)23(27)30)13-20(29)26-17-10-9-15(2)19(24)11-17/h4-12,14H,3,13H2,1-2H3,(H,26,29). The number of halogens is 1. The highest BCUT2D eigenvalue weighted by Crippen LogP contribution is 2.27. The Balaban J connectivity index is 1.75. The maximum Gasteiger partial charge on any atom is 0.277 e. The van der Waals surface area contributed by atoms with Crippen molar-refractivity contribution in [2.24, 2.45) is 0 Å². The van der Waals surface area contributed by atoms with Crippen LogP contribution in [-0.4, -0.2) is 20.0 Å². The molecule has 0 aliphatic rings. The highest BCUT2D eigenvalue weighted by Gasteiger charge is 2.18. The molecule has 6 nitrogen and oxygen atoms in total. The van der Waals surface area contributed by atoms with Gasteiger partial charge in [0.05, 0.1) is 6.33 Å². The Hall–Kier alpha value is -3.38. The summed E-state index contributed by atoms with van der Waals surface area (Å²) in [6.07, 6.45) is 3.37. The van der Waals surface area contributed by atoms with Crippen LogP contribution in [0.25, 0.3) is 22.2 Å². The van der Waals surface area contributed by atoms with Crippen LogP contribution in [0.15, 0.2) is 65.8 Å². The second-order valence-electron chi connectivity index (χ2n) is 7.08. The van der Waals surface area contributed by atoms with E-state index in [0.717, 1.165) is 16.7 Å². The first-order valence-electron chi connectivity index (χ1n) is 9.67. The van der Waals surface area contributed by atoms with Crippen molar-refractivity contribution in [3.63, 3.8) is 0 Å². The Morgan fingerprint density at radius 1 is 1.13 bits per heavy atom. The van der Waals surface area contributed by atoms with Gasteiger partial charge < -0.3 is 9.88 Å². The molecule has 30 heavy (non-hydrogen) atoms. The molecule has 1 N–H and O–H groups in total. The first kappa shape index (κ1) is 19.9. The molecule has 152 valence electrons. The summed E-state index contributed by atoms with van der Waals surface area (Å²) in [4.78, 5) is 30.2. The molecule has 0 radical (unpaired) electrons. The second kappa shape index (κ2) is 8.16. The maximum atomic E-state index is 13.0. The Morgan fingerprint density at radius 2 is 1.90 bits per heavy atom. The number of aryl methyl sites for hydroxylation is 2. The monoisotopic (exact) mass is 420 g/mol. The lowest BCUT2D eigenvalue weighted by atomic mass is 10.1. The first-order chi connectivity index (χ1) is 14.5. The van der Waals surface area contributed by atoms with E-state index < -0.39 is 0 Å². The second-order valence-corrected chi connectivity index (χ2v) is 7.49. The third kappa shape index (κ3) is 3.74. The van der Waals surface area contributed by atoms with Gasteiger partial charge >= 0.3 is 0 Å². The molecule has 4 aromatic rings. The molecule has 1 amide bonds. The van der Waals surface area contributed by atoms with Gasteiger partial charge in [0.15, 0.2) is 0 Å².